The minimum absolute atomic E-state index is 0.253. The van der Waals surface area contributed by atoms with Gasteiger partial charge in [0.05, 0.1) is 5.69 Å². The summed E-state index contributed by atoms with van der Waals surface area (Å²) in [5, 5.41) is 2.80. The molecule has 4 nitrogen and oxygen atoms in total. The average Bonchev–Trinajstić information content (AvgIpc) is 3.08. The molecule has 0 spiro atoms. The van der Waals surface area contributed by atoms with Crippen molar-refractivity contribution in [2.45, 2.75) is 6.54 Å². The van der Waals surface area contributed by atoms with Crippen LogP contribution < -0.4 is 5.32 Å². The first-order valence-corrected chi connectivity index (χ1v) is 6.84. The van der Waals surface area contributed by atoms with Gasteiger partial charge in [-0.15, -0.1) is 0 Å². The van der Waals surface area contributed by atoms with Crippen molar-refractivity contribution in [1.29, 1.82) is 0 Å². The predicted octanol–water partition coefficient (Wildman–Crippen LogP) is 2.94. The molecule has 1 N–H and O–H groups in total. The number of pyridine rings is 1. The number of hydrogen-bond acceptors (Lipinski definition) is 2. The van der Waals surface area contributed by atoms with Gasteiger partial charge in [0, 0.05) is 36.9 Å². The average molecular weight is 295 g/mol. The van der Waals surface area contributed by atoms with Gasteiger partial charge in [-0.25, -0.2) is 4.39 Å². The zero-order valence-corrected chi connectivity index (χ0v) is 11.7. The highest BCUT2D eigenvalue weighted by Gasteiger charge is 2.10. The van der Waals surface area contributed by atoms with Crippen molar-refractivity contribution in [2.75, 3.05) is 0 Å². The minimum Gasteiger partial charge on any atom is -0.348 e. The zero-order chi connectivity index (χ0) is 15.4. The van der Waals surface area contributed by atoms with Crippen LogP contribution in [0.3, 0.4) is 0 Å². The van der Waals surface area contributed by atoms with Crippen LogP contribution in [0.5, 0.6) is 0 Å². The van der Waals surface area contributed by atoms with Crippen LogP contribution in [0.25, 0.3) is 5.69 Å². The van der Waals surface area contributed by atoms with Crippen LogP contribution in [-0.4, -0.2) is 15.5 Å². The summed E-state index contributed by atoms with van der Waals surface area (Å²) in [6.45, 7) is 0.378. The topological polar surface area (TPSA) is 46.9 Å². The summed E-state index contributed by atoms with van der Waals surface area (Å²) in [6.07, 6.45) is 6.83. The van der Waals surface area contributed by atoms with Crippen LogP contribution in [0.15, 0.2) is 67.3 Å². The molecule has 0 radical (unpaired) electrons. The van der Waals surface area contributed by atoms with Crippen molar-refractivity contribution >= 4 is 5.91 Å². The molecule has 5 heteroatoms. The standard InChI is InChI=1S/C17H14FN3O/c18-15-6-5-14(10-16(15)21-8-1-2-9-21)17(22)20-12-13-4-3-7-19-11-13/h1-11H,12H2,(H,20,22). The summed E-state index contributed by atoms with van der Waals surface area (Å²) in [5.41, 5.74) is 1.66. The third-order valence-corrected chi connectivity index (χ3v) is 3.27. The number of amides is 1. The van der Waals surface area contributed by atoms with Gasteiger partial charge in [0.15, 0.2) is 0 Å². The van der Waals surface area contributed by atoms with E-state index in [1.807, 2.05) is 12.1 Å². The van der Waals surface area contributed by atoms with Crippen molar-refractivity contribution in [3.63, 3.8) is 0 Å². The lowest BCUT2D eigenvalue weighted by Gasteiger charge is -2.09. The molecule has 0 bridgehead atoms. The van der Waals surface area contributed by atoms with E-state index >= 15 is 0 Å². The highest BCUT2D eigenvalue weighted by molar-refractivity contribution is 5.94. The molecule has 0 aliphatic carbocycles. The van der Waals surface area contributed by atoms with Crippen LogP contribution >= 0.6 is 0 Å². The van der Waals surface area contributed by atoms with Gasteiger partial charge < -0.3 is 9.88 Å². The van der Waals surface area contributed by atoms with Gasteiger partial charge in [0.1, 0.15) is 5.82 Å². The van der Waals surface area contributed by atoms with E-state index in [9.17, 15) is 9.18 Å². The van der Waals surface area contributed by atoms with Crippen LogP contribution in [0, 0.1) is 5.82 Å². The number of halogens is 1. The van der Waals surface area contributed by atoms with Gasteiger partial charge in [-0.05, 0) is 42.0 Å². The maximum absolute atomic E-state index is 13.9. The van der Waals surface area contributed by atoms with Gasteiger partial charge in [0.2, 0.25) is 0 Å². The highest BCUT2D eigenvalue weighted by atomic mass is 19.1. The molecular formula is C17H14FN3O. The molecule has 110 valence electrons. The van der Waals surface area contributed by atoms with Crippen molar-refractivity contribution in [1.82, 2.24) is 14.9 Å². The molecule has 0 aliphatic heterocycles. The lowest BCUT2D eigenvalue weighted by Crippen LogP contribution is -2.23. The molecule has 1 aromatic carbocycles. The first-order valence-electron chi connectivity index (χ1n) is 6.84. The molecule has 3 rings (SSSR count). The number of carbonyl (C=O) groups excluding carboxylic acids is 1. The molecule has 0 aliphatic rings. The second kappa shape index (κ2) is 6.22. The summed E-state index contributed by atoms with van der Waals surface area (Å²) >= 11 is 0. The zero-order valence-electron chi connectivity index (χ0n) is 11.7. The maximum Gasteiger partial charge on any atom is 0.251 e. The van der Waals surface area contributed by atoms with Crippen molar-refractivity contribution in [2.24, 2.45) is 0 Å². The molecule has 0 atom stereocenters. The Hall–Kier alpha value is -2.95. The van der Waals surface area contributed by atoms with Gasteiger partial charge in [-0.2, -0.15) is 0 Å². The fourth-order valence-electron chi connectivity index (χ4n) is 2.13. The second-order valence-electron chi connectivity index (χ2n) is 4.80. The van der Waals surface area contributed by atoms with Crippen LogP contribution in [-0.2, 0) is 6.54 Å². The third kappa shape index (κ3) is 3.03. The molecule has 1 amide bonds. The van der Waals surface area contributed by atoms with E-state index in [4.69, 9.17) is 0 Å². The Morgan fingerprint density at radius 3 is 2.73 bits per heavy atom. The highest BCUT2D eigenvalue weighted by Crippen LogP contribution is 2.16. The number of nitrogens with one attached hydrogen (secondary N) is 1. The molecule has 3 aromatic rings. The van der Waals surface area contributed by atoms with Gasteiger partial charge in [-0.3, -0.25) is 9.78 Å². The Morgan fingerprint density at radius 1 is 1.18 bits per heavy atom. The van der Waals surface area contributed by atoms with Gasteiger partial charge in [0.25, 0.3) is 5.91 Å². The Balaban J connectivity index is 1.77. The quantitative estimate of drug-likeness (QED) is 0.804. The fraction of sp³-hybridized carbons (Fsp3) is 0.0588. The number of rotatable bonds is 4. The molecule has 0 saturated carbocycles. The Labute approximate surface area is 127 Å². The Kier molecular flexibility index (Phi) is 3.96. The van der Waals surface area contributed by atoms with E-state index in [2.05, 4.69) is 10.3 Å². The van der Waals surface area contributed by atoms with E-state index < -0.39 is 0 Å². The number of aromatic nitrogens is 2. The minimum atomic E-state index is -0.375. The summed E-state index contributed by atoms with van der Waals surface area (Å²) in [7, 11) is 0. The summed E-state index contributed by atoms with van der Waals surface area (Å²) in [4.78, 5) is 16.2. The first kappa shape index (κ1) is 14.0. The van der Waals surface area contributed by atoms with E-state index in [1.165, 1.54) is 18.2 Å². The van der Waals surface area contributed by atoms with E-state index in [-0.39, 0.29) is 11.7 Å². The number of hydrogen-bond donors (Lipinski definition) is 1. The van der Waals surface area contributed by atoms with Crippen LogP contribution in [0.4, 0.5) is 4.39 Å². The van der Waals surface area contributed by atoms with Crippen molar-refractivity contribution in [3.05, 3.63) is 84.2 Å². The number of nitrogens with zero attached hydrogens (tertiary/aromatic N) is 2. The maximum atomic E-state index is 13.9. The number of carbonyl (C=O) groups is 1. The summed E-state index contributed by atoms with van der Waals surface area (Å²) in [6, 6.07) is 11.6. The van der Waals surface area contributed by atoms with Crippen LogP contribution in [0.2, 0.25) is 0 Å². The molecular weight excluding hydrogens is 281 g/mol. The first-order chi connectivity index (χ1) is 10.7. The normalized spacial score (nSPS) is 10.4. The van der Waals surface area contributed by atoms with Crippen molar-refractivity contribution in [3.8, 4) is 5.69 Å². The largest absolute Gasteiger partial charge is 0.348 e. The Morgan fingerprint density at radius 2 is 2.00 bits per heavy atom. The molecule has 0 unspecified atom stereocenters. The van der Waals surface area contributed by atoms with E-state index in [0.29, 0.717) is 17.8 Å². The third-order valence-electron chi connectivity index (χ3n) is 3.27. The molecule has 0 fully saturated rings. The fourth-order valence-corrected chi connectivity index (χ4v) is 2.13. The van der Waals surface area contributed by atoms with Crippen LogP contribution in [0.1, 0.15) is 15.9 Å². The lowest BCUT2D eigenvalue weighted by atomic mass is 10.1. The van der Waals surface area contributed by atoms with E-state index in [0.717, 1.165) is 5.56 Å². The molecule has 2 heterocycles. The summed E-state index contributed by atoms with van der Waals surface area (Å²) < 4.78 is 15.5. The number of benzene rings is 1. The predicted molar refractivity (Wildman–Crippen MR) is 81.1 cm³/mol. The Bertz CT molecular complexity index is 770. The molecule has 22 heavy (non-hydrogen) atoms. The molecule has 2 aromatic heterocycles. The SMILES string of the molecule is O=C(NCc1cccnc1)c1ccc(F)c(-n2cccc2)c1. The van der Waals surface area contributed by atoms with Crippen molar-refractivity contribution < 1.29 is 9.18 Å². The monoisotopic (exact) mass is 295 g/mol. The second-order valence-corrected chi connectivity index (χ2v) is 4.80. The van der Waals surface area contributed by atoms with Gasteiger partial charge >= 0.3 is 0 Å². The lowest BCUT2D eigenvalue weighted by molar-refractivity contribution is 0.0951. The van der Waals surface area contributed by atoms with Gasteiger partial charge in [-0.1, -0.05) is 6.07 Å². The molecule has 0 saturated heterocycles. The smallest absolute Gasteiger partial charge is 0.251 e. The summed E-state index contributed by atoms with van der Waals surface area (Å²) in [5.74, 6) is -0.628. The van der Waals surface area contributed by atoms with E-state index in [1.54, 1.807) is 41.5 Å².